The first kappa shape index (κ1) is 14.0. The molecule has 1 aliphatic rings. The monoisotopic (exact) mass is 286 g/mol. The Morgan fingerprint density at radius 2 is 1.78 bits per heavy atom. The maximum Gasteiger partial charge on any atom is 0.0828 e. The number of anilines is 1. The van der Waals surface area contributed by atoms with Crippen molar-refractivity contribution in [2.75, 3.05) is 24.5 Å². The SMILES string of the molecule is NCCCc1ccc(N2CCCCC2)c(Cl)c1Cl. The van der Waals surface area contributed by atoms with E-state index in [9.17, 15) is 0 Å². The third-order valence-electron chi connectivity index (χ3n) is 3.49. The molecule has 0 aliphatic carbocycles. The fourth-order valence-corrected chi connectivity index (χ4v) is 3.00. The fourth-order valence-electron chi connectivity index (χ4n) is 2.44. The zero-order valence-electron chi connectivity index (χ0n) is 10.6. The van der Waals surface area contributed by atoms with Crippen molar-refractivity contribution >= 4 is 28.9 Å². The van der Waals surface area contributed by atoms with Crippen LogP contribution in [0.4, 0.5) is 5.69 Å². The number of nitrogens with zero attached hydrogens (tertiary/aromatic N) is 1. The van der Waals surface area contributed by atoms with Crippen LogP contribution in [0.15, 0.2) is 12.1 Å². The van der Waals surface area contributed by atoms with Crippen LogP contribution in [0.1, 0.15) is 31.2 Å². The van der Waals surface area contributed by atoms with Gasteiger partial charge in [0.1, 0.15) is 0 Å². The highest BCUT2D eigenvalue weighted by Crippen LogP contribution is 2.36. The largest absolute Gasteiger partial charge is 0.370 e. The summed E-state index contributed by atoms with van der Waals surface area (Å²) < 4.78 is 0. The topological polar surface area (TPSA) is 29.3 Å². The smallest absolute Gasteiger partial charge is 0.0828 e. The van der Waals surface area contributed by atoms with Gasteiger partial charge in [-0.3, -0.25) is 0 Å². The van der Waals surface area contributed by atoms with Crippen LogP contribution in [0, 0.1) is 0 Å². The minimum atomic E-state index is 0.682. The lowest BCUT2D eigenvalue weighted by Gasteiger charge is -2.30. The molecule has 0 atom stereocenters. The lowest BCUT2D eigenvalue weighted by atomic mass is 10.1. The number of benzene rings is 1. The summed E-state index contributed by atoms with van der Waals surface area (Å²) in [5, 5.41) is 1.40. The molecule has 4 heteroatoms. The number of piperidine rings is 1. The van der Waals surface area contributed by atoms with Crippen LogP contribution in [0.25, 0.3) is 0 Å². The van der Waals surface area contributed by atoms with Crippen molar-refractivity contribution < 1.29 is 0 Å². The summed E-state index contributed by atoms with van der Waals surface area (Å²) in [5.74, 6) is 0. The summed E-state index contributed by atoms with van der Waals surface area (Å²) in [5.41, 5.74) is 7.71. The molecule has 0 saturated carbocycles. The Balaban J connectivity index is 2.19. The molecule has 0 radical (unpaired) electrons. The number of hydrogen-bond donors (Lipinski definition) is 1. The average molecular weight is 287 g/mol. The summed E-state index contributed by atoms with van der Waals surface area (Å²) in [4.78, 5) is 2.34. The first-order valence-electron chi connectivity index (χ1n) is 6.66. The molecule has 1 aromatic carbocycles. The molecule has 18 heavy (non-hydrogen) atoms. The molecule has 2 nitrogen and oxygen atoms in total. The second-order valence-electron chi connectivity index (χ2n) is 4.81. The second-order valence-corrected chi connectivity index (χ2v) is 5.57. The van der Waals surface area contributed by atoms with E-state index in [-0.39, 0.29) is 0 Å². The third-order valence-corrected chi connectivity index (χ3v) is 4.40. The fraction of sp³-hybridized carbons (Fsp3) is 0.571. The molecule has 1 aromatic rings. The van der Waals surface area contributed by atoms with Crippen molar-refractivity contribution in [1.29, 1.82) is 0 Å². The zero-order chi connectivity index (χ0) is 13.0. The van der Waals surface area contributed by atoms with Gasteiger partial charge in [-0.1, -0.05) is 29.3 Å². The number of halogens is 2. The van der Waals surface area contributed by atoms with E-state index < -0.39 is 0 Å². The summed E-state index contributed by atoms with van der Waals surface area (Å²) in [6, 6.07) is 4.19. The second kappa shape index (κ2) is 6.65. The molecule has 2 N–H and O–H groups in total. The molecule has 1 aliphatic heterocycles. The maximum atomic E-state index is 6.41. The molecule has 1 fully saturated rings. The van der Waals surface area contributed by atoms with Crippen molar-refractivity contribution in [2.24, 2.45) is 5.73 Å². The molecule has 0 amide bonds. The van der Waals surface area contributed by atoms with E-state index in [2.05, 4.69) is 17.0 Å². The predicted molar refractivity (Wildman–Crippen MR) is 79.9 cm³/mol. The van der Waals surface area contributed by atoms with Crippen LogP contribution in [0.5, 0.6) is 0 Å². The number of nitrogens with two attached hydrogens (primary N) is 1. The van der Waals surface area contributed by atoms with Gasteiger partial charge < -0.3 is 10.6 Å². The Kier molecular flexibility index (Phi) is 5.16. The highest BCUT2D eigenvalue weighted by atomic mass is 35.5. The summed E-state index contributed by atoms with van der Waals surface area (Å²) >= 11 is 12.8. The quantitative estimate of drug-likeness (QED) is 0.910. The van der Waals surface area contributed by atoms with E-state index in [1.807, 2.05) is 0 Å². The van der Waals surface area contributed by atoms with Crippen LogP contribution >= 0.6 is 23.2 Å². The molecule has 1 heterocycles. The number of aryl methyl sites for hydroxylation is 1. The van der Waals surface area contributed by atoms with E-state index in [0.717, 1.165) is 37.2 Å². The Morgan fingerprint density at radius 1 is 1.06 bits per heavy atom. The van der Waals surface area contributed by atoms with Gasteiger partial charge in [0.05, 0.1) is 15.7 Å². The molecule has 0 bridgehead atoms. The Morgan fingerprint density at radius 3 is 2.44 bits per heavy atom. The van der Waals surface area contributed by atoms with Gasteiger partial charge >= 0.3 is 0 Å². The minimum absolute atomic E-state index is 0.682. The van der Waals surface area contributed by atoms with E-state index in [0.29, 0.717) is 16.6 Å². The van der Waals surface area contributed by atoms with Crippen molar-refractivity contribution in [3.63, 3.8) is 0 Å². The van der Waals surface area contributed by atoms with Gasteiger partial charge in [0.15, 0.2) is 0 Å². The van der Waals surface area contributed by atoms with Crippen molar-refractivity contribution in [2.45, 2.75) is 32.1 Å². The van der Waals surface area contributed by atoms with Crippen LogP contribution in [-0.4, -0.2) is 19.6 Å². The standard InChI is InChI=1S/C14H20Cl2N2/c15-13-11(5-4-8-17)6-7-12(14(13)16)18-9-2-1-3-10-18/h6-7H,1-5,8-10,17H2. The van der Waals surface area contributed by atoms with Gasteiger partial charge in [0.25, 0.3) is 0 Å². The molecule has 0 unspecified atom stereocenters. The highest BCUT2D eigenvalue weighted by Gasteiger charge is 2.17. The van der Waals surface area contributed by atoms with Crippen molar-refractivity contribution in [3.8, 4) is 0 Å². The lowest BCUT2D eigenvalue weighted by Crippen LogP contribution is -2.29. The van der Waals surface area contributed by atoms with Gasteiger partial charge in [0.2, 0.25) is 0 Å². The Hall–Kier alpha value is -0.440. The summed E-state index contributed by atoms with van der Waals surface area (Å²) in [6.07, 6.45) is 5.64. The number of hydrogen-bond acceptors (Lipinski definition) is 2. The van der Waals surface area contributed by atoms with E-state index in [4.69, 9.17) is 28.9 Å². The van der Waals surface area contributed by atoms with Gasteiger partial charge in [-0.15, -0.1) is 0 Å². The van der Waals surface area contributed by atoms with E-state index in [1.165, 1.54) is 19.3 Å². The van der Waals surface area contributed by atoms with Crippen LogP contribution in [-0.2, 0) is 6.42 Å². The van der Waals surface area contributed by atoms with Crippen LogP contribution in [0.2, 0.25) is 10.0 Å². The van der Waals surface area contributed by atoms with Gasteiger partial charge in [-0.2, -0.15) is 0 Å². The zero-order valence-corrected chi connectivity index (χ0v) is 12.1. The van der Waals surface area contributed by atoms with Gasteiger partial charge in [-0.25, -0.2) is 0 Å². The Labute approximate surface area is 119 Å². The van der Waals surface area contributed by atoms with Crippen molar-refractivity contribution in [3.05, 3.63) is 27.7 Å². The molecule has 2 rings (SSSR count). The minimum Gasteiger partial charge on any atom is -0.370 e. The van der Waals surface area contributed by atoms with Gasteiger partial charge in [0, 0.05) is 13.1 Å². The molecule has 1 saturated heterocycles. The van der Waals surface area contributed by atoms with Crippen LogP contribution < -0.4 is 10.6 Å². The average Bonchev–Trinajstić information content (AvgIpc) is 2.41. The molecule has 0 aromatic heterocycles. The van der Waals surface area contributed by atoms with E-state index >= 15 is 0 Å². The molecule has 100 valence electrons. The predicted octanol–water partition coefficient (Wildman–Crippen LogP) is 3.88. The number of rotatable bonds is 4. The van der Waals surface area contributed by atoms with Crippen LogP contribution in [0.3, 0.4) is 0 Å². The summed E-state index contributed by atoms with van der Waals surface area (Å²) in [7, 11) is 0. The maximum absolute atomic E-state index is 6.41. The summed E-state index contributed by atoms with van der Waals surface area (Å²) in [6.45, 7) is 2.85. The molecular weight excluding hydrogens is 267 g/mol. The first-order chi connectivity index (χ1) is 8.74. The van der Waals surface area contributed by atoms with Gasteiger partial charge in [-0.05, 0) is 50.3 Å². The molecular formula is C14H20Cl2N2. The van der Waals surface area contributed by atoms with Crippen molar-refractivity contribution in [1.82, 2.24) is 0 Å². The first-order valence-corrected chi connectivity index (χ1v) is 7.41. The third kappa shape index (κ3) is 3.11. The molecule has 0 spiro atoms. The van der Waals surface area contributed by atoms with E-state index in [1.54, 1.807) is 0 Å². The lowest BCUT2D eigenvalue weighted by molar-refractivity contribution is 0.578. The normalized spacial score (nSPS) is 16.1. The highest BCUT2D eigenvalue weighted by molar-refractivity contribution is 6.44. The Bertz CT molecular complexity index is 401.